The Morgan fingerprint density at radius 3 is 2.00 bits per heavy atom. The van der Waals surface area contributed by atoms with E-state index in [9.17, 15) is 0 Å². The van der Waals surface area contributed by atoms with Crippen molar-refractivity contribution in [1.29, 1.82) is 0 Å². The van der Waals surface area contributed by atoms with Crippen molar-refractivity contribution in [2.45, 2.75) is 115 Å². The highest BCUT2D eigenvalue weighted by molar-refractivity contribution is 6.76. The summed E-state index contributed by atoms with van der Waals surface area (Å²) in [4.78, 5) is 13.3. The third-order valence-electron chi connectivity index (χ3n) is 7.80. The number of halogens is 1. The molecule has 2 atom stereocenters. The molecule has 0 amide bonds. The maximum absolute atomic E-state index is 16.0. The summed E-state index contributed by atoms with van der Waals surface area (Å²) < 4.78 is 34.7. The molecule has 226 valence electrons. The van der Waals surface area contributed by atoms with Crippen LogP contribution in [0.5, 0.6) is 0 Å². The lowest BCUT2D eigenvalue weighted by molar-refractivity contribution is -0.000107. The molecule has 1 unspecified atom stereocenters. The summed E-state index contributed by atoms with van der Waals surface area (Å²) in [5.41, 5.74) is -1.49. The fourth-order valence-corrected chi connectivity index (χ4v) is 6.90. The van der Waals surface area contributed by atoms with Crippen molar-refractivity contribution in [2.75, 3.05) is 49.6 Å². The second-order valence-electron chi connectivity index (χ2n) is 15.3. The van der Waals surface area contributed by atoms with E-state index in [1.807, 2.05) is 15.9 Å². The van der Waals surface area contributed by atoms with Gasteiger partial charge in [-0.25, -0.2) is 9.37 Å². The van der Waals surface area contributed by atoms with Crippen LogP contribution in [0.15, 0.2) is 12.3 Å². The smallest absolute Gasteiger partial charge is 0.227 e. The number of rotatable bonds is 14. The van der Waals surface area contributed by atoms with Crippen LogP contribution in [-0.2, 0) is 13.9 Å². The van der Waals surface area contributed by atoms with E-state index in [0.29, 0.717) is 32.4 Å². The normalized spacial score (nSPS) is 21.4. The van der Waals surface area contributed by atoms with E-state index < -0.39 is 36.2 Å². The van der Waals surface area contributed by atoms with Crippen molar-refractivity contribution < 1.29 is 18.3 Å². The summed E-state index contributed by atoms with van der Waals surface area (Å²) >= 11 is 0. The molecule has 0 saturated carbocycles. The van der Waals surface area contributed by atoms with Gasteiger partial charge in [-0.3, -0.25) is 0 Å². The van der Waals surface area contributed by atoms with Crippen LogP contribution in [0.2, 0.25) is 69.5 Å². The molecular formula is C28H57FN4O3Si3. The fourth-order valence-electron chi connectivity index (χ4n) is 3.96. The molecule has 1 aromatic rings. The van der Waals surface area contributed by atoms with Gasteiger partial charge in [-0.1, -0.05) is 60.1 Å². The topological polar surface area (TPSA) is 60.0 Å². The van der Waals surface area contributed by atoms with Crippen LogP contribution in [-0.4, -0.2) is 86.0 Å². The van der Waals surface area contributed by atoms with Gasteiger partial charge in [0.1, 0.15) is 24.9 Å². The van der Waals surface area contributed by atoms with Crippen molar-refractivity contribution in [2.24, 2.45) is 0 Å². The Labute approximate surface area is 241 Å². The van der Waals surface area contributed by atoms with Crippen LogP contribution in [0.25, 0.3) is 0 Å². The first-order valence-corrected chi connectivity index (χ1v) is 24.9. The SMILES string of the molecule is CC(C)(C)[Si](C)(C)OC1CCN(c2nccc(N(COCC[Si](C)(C)C)COCC[Si](C)(C)C)n2)C[C@]1(C)F. The Balaban J connectivity index is 2.12. The molecule has 0 bridgehead atoms. The van der Waals surface area contributed by atoms with Crippen molar-refractivity contribution >= 4 is 36.2 Å². The molecule has 0 N–H and O–H groups in total. The first kappa shape index (κ1) is 34.3. The maximum Gasteiger partial charge on any atom is 0.227 e. The van der Waals surface area contributed by atoms with E-state index in [-0.39, 0.29) is 11.6 Å². The monoisotopic (exact) mass is 600 g/mol. The van der Waals surface area contributed by atoms with Crippen molar-refractivity contribution in [3.63, 3.8) is 0 Å². The van der Waals surface area contributed by atoms with Gasteiger partial charge in [0.25, 0.3) is 0 Å². The standard InChI is InChI=1S/C28H57FN4O3Si3/c1-27(2,3)39(11,12)36-24-14-16-32(21-28(24,4)29)26-30-15-13-25(31-26)33(22-34-17-19-37(5,6)7)23-35-18-20-38(8,9)10/h13,15,24H,14,16-23H2,1-12H3/t24?,28-/m0/s1. The zero-order valence-corrected chi connectivity index (χ0v) is 30.0. The van der Waals surface area contributed by atoms with Crippen LogP contribution in [0.1, 0.15) is 34.1 Å². The summed E-state index contributed by atoms with van der Waals surface area (Å²) in [6.07, 6.45) is 1.94. The van der Waals surface area contributed by atoms with E-state index in [4.69, 9.17) is 18.9 Å². The molecule has 7 nitrogen and oxygen atoms in total. The Hall–Kier alpha value is -0.859. The highest BCUT2D eigenvalue weighted by atomic mass is 28.4. The number of aromatic nitrogens is 2. The zero-order chi connectivity index (χ0) is 29.7. The average Bonchev–Trinajstić information content (AvgIpc) is 2.77. The minimum atomic E-state index is -2.08. The largest absolute Gasteiger partial charge is 0.411 e. The summed E-state index contributed by atoms with van der Waals surface area (Å²) in [5.74, 6) is 1.28. The van der Waals surface area contributed by atoms with E-state index in [2.05, 4.69) is 78.1 Å². The Kier molecular flexibility index (Phi) is 11.8. The van der Waals surface area contributed by atoms with Gasteiger partial charge in [0.05, 0.1) is 12.6 Å². The number of hydrogen-bond acceptors (Lipinski definition) is 7. The van der Waals surface area contributed by atoms with Crippen molar-refractivity contribution in [3.8, 4) is 0 Å². The predicted molar refractivity (Wildman–Crippen MR) is 171 cm³/mol. The molecule has 2 heterocycles. The molecule has 2 rings (SSSR count). The molecule has 1 aliphatic heterocycles. The summed E-state index contributed by atoms with van der Waals surface area (Å²) in [6.45, 7) is 29.8. The molecule has 1 aromatic heterocycles. The van der Waals surface area contributed by atoms with Crippen molar-refractivity contribution in [1.82, 2.24) is 9.97 Å². The lowest BCUT2D eigenvalue weighted by Gasteiger charge is -2.46. The van der Waals surface area contributed by atoms with Crippen molar-refractivity contribution in [3.05, 3.63) is 12.3 Å². The van der Waals surface area contributed by atoms with Crippen LogP contribution >= 0.6 is 0 Å². The van der Waals surface area contributed by atoms with Crippen LogP contribution < -0.4 is 9.80 Å². The van der Waals surface area contributed by atoms with E-state index in [0.717, 1.165) is 31.1 Å². The minimum absolute atomic E-state index is 0.0371. The van der Waals surface area contributed by atoms with Gasteiger partial charge < -0.3 is 23.7 Å². The third kappa shape index (κ3) is 11.5. The summed E-state index contributed by atoms with van der Waals surface area (Å²) in [6, 6.07) is 4.09. The molecule has 0 radical (unpaired) electrons. The Morgan fingerprint density at radius 1 is 1.00 bits per heavy atom. The highest BCUT2D eigenvalue weighted by Gasteiger charge is 2.47. The van der Waals surface area contributed by atoms with Gasteiger partial charge in [0.2, 0.25) is 5.95 Å². The number of alkyl halides is 1. The first-order chi connectivity index (χ1) is 17.7. The van der Waals surface area contributed by atoms with Crippen LogP contribution in [0.4, 0.5) is 16.2 Å². The molecule has 0 aliphatic carbocycles. The lowest BCUT2D eigenvalue weighted by atomic mass is 9.94. The predicted octanol–water partition coefficient (Wildman–Crippen LogP) is 7.24. The molecular weight excluding hydrogens is 544 g/mol. The second-order valence-corrected chi connectivity index (χ2v) is 31.3. The number of ether oxygens (including phenoxy) is 2. The van der Waals surface area contributed by atoms with Crippen LogP contribution in [0, 0.1) is 0 Å². The number of hydrogen-bond donors (Lipinski definition) is 0. The molecule has 0 aromatic carbocycles. The number of piperidine rings is 1. The van der Waals surface area contributed by atoms with Gasteiger partial charge in [-0.15, -0.1) is 0 Å². The van der Waals surface area contributed by atoms with Gasteiger partial charge in [-0.2, -0.15) is 4.98 Å². The molecule has 1 fully saturated rings. The first-order valence-electron chi connectivity index (χ1n) is 14.6. The number of anilines is 2. The highest BCUT2D eigenvalue weighted by Crippen LogP contribution is 2.41. The zero-order valence-electron chi connectivity index (χ0n) is 27.0. The van der Waals surface area contributed by atoms with E-state index >= 15 is 4.39 Å². The van der Waals surface area contributed by atoms with E-state index in [1.54, 1.807) is 13.1 Å². The molecule has 1 aliphatic rings. The molecule has 39 heavy (non-hydrogen) atoms. The minimum Gasteiger partial charge on any atom is -0.411 e. The van der Waals surface area contributed by atoms with Gasteiger partial charge in [0, 0.05) is 42.1 Å². The second kappa shape index (κ2) is 13.4. The fraction of sp³-hybridized carbons (Fsp3) is 0.857. The molecule has 1 saturated heterocycles. The van der Waals surface area contributed by atoms with Gasteiger partial charge in [-0.05, 0) is 49.6 Å². The van der Waals surface area contributed by atoms with Gasteiger partial charge in [0.15, 0.2) is 8.32 Å². The summed E-state index contributed by atoms with van der Waals surface area (Å²) in [7, 11) is -4.45. The lowest BCUT2D eigenvalue weighted by Crippen LogP contribution is -2.58. The number of nitrogens with zero attached hydrogens (tertiary/aromatic N) is 4. The molecule has 0 spiro atoms. The molecule has 11 heteroatoms. The van der Waals surface area contributed by atoms with Gasteiger partial charge >= 0.3 is 0 Å². The Bertz CT molecular complexity index is 879. The summed E-state index contributed by atoms with van der Waals surface area (Å²) in [5, 5.41) is 0.0371. The maximum atomic E-state index is 16.0. The Morgan fingerprint density at radius 2 is 1.54 bits per heavy atom. The van der Waals surface area contributed by atoms with E-state index in [1.165, 1.54) is 0 Å². The van der Waals surface area contributed by atoms with Crippen LogP contribution in [0.3, 0.4) is 0 Å². The average molecular weight is 601 g/mol. The third-order valence-corrected chi connectivity index (χ3v) is 15.7. The quantitative estimate of drug-likeness (QED) is 0.127.